The molecule has 2 aromatic heterocycles. The van der Waals surface area contributed by atoms with Crippen LogP contribution in [-0.2, 0) is 11.3 Å². The first-order chi connectivity index (χ1) is 16.1. The van der Waals surface area contributed by atoms with Crippen LogP contribution in [0, 0.1) is 0 Å². The lowest BCUT2D eigenvalue weighted by atomic mass is 10.2. The highest BCUT2D eigenvalue weighted by Gasteiger charge is 2.14. The predicted molar refractivity (Wildman–Crippen MR) is 129 cm³/mol. The Labute approximate surface area is 195 Å². The minimum Gasteiger partial charge on any atom is -0.325 e. The maximum absolute atomic E-state index is 12.4. The average Bonchev–Trinajstić information content (AvgIpc) is 3.28. The van der Waals surface area contributed by atoms with Crippen LogP contribution in [-0.4, -0.2) is 37.3 Å². The van der Waals surface area contributed by atoms with Gasteiger partial charge >= 0.3 is 0 Å². The molecule has 33 heavy (non-hydrogen) atoms. The highest BCUT2D eigenvalue weighted by atomic mass is 32.2. The summed E-state index contributed by atoms with van der Waals surface area (Å²) in [5.74, 6) is 0.601. The molecular weight excluding hydrogens is 436 g/mol. The molecule has 0 spiro atoms. The SMILES string of the molecule is CCn1c(SCC(=O)Nc2ccc(NC(=O)c3ccccc3)cc2)nnc1-c1ccncc1. The van der Waals surface area contributed by atoms with E-state index in [-0.39, 0.29) is 17.6 Å². The lowest BCUT2D eigenvalue weighted by Crippen LogP contribution is -2.15. The van der Waals surface area contributed by atoms with Crippen LogP contribution in [0.4, 0.5) is 11.4 Å². The van der Waals surface area contributed by atoms with E-state index in [4.69, 9.17) is 0 Å². The van der Waals surface area contributed by atoms with Crippen molar-refractivity contribution in [3.63, 3.8) is 0 Å². The fourth-order valence-electron chi connectivity index (χ4n) is 3.15. The summed E-state index contributed by atoms with van der Waals surface area (Å²) in [5.41, 5.74) is 2.80. The molecule has 9 heteroatoms. The monoisotopic (exact) mass is 458 g/mol. The molecule has 0 aliphatic heterocycles. The Morgan fingerprint density at radius 2 is 1.55 bits per heavy atom. The van der Waals surface area contributed by atoms with Crippen molar-refractivity contribution >= 4 is 35.0 Å². The van der Waals surface area contributed by atoms with E-state index in [2.05, 4.69) is 25.8 Å². The highest BCUT2D eigenvalue weighted by molar-refractivity contribution is 7.99. The Balaban J connectivity index is 1.32. The van der Waals surface area contributed by atoms with Crippen LogP contribution in [0.5, 0.6) is 0 Å². The first-order valence-corrected chi connectivity index (χ1v) is 11.4. The molecule has 166 valence electrons. The zero-order valence-electron chi connectivity index (χ0n) is 17.9. The molecule has 2 amide bonds. The summed E-state index contributed by atoms with van der Waals surface area (Å²) in [6, 6.07) is 19.7. The molecule has 0 unspecified atom stereocenters. The molecular formula is C24H22N6O2S. The van der Waals surface area contributed by atoms with E-state index in [1.165, 1.54) is 11.8 Å². The number of hydrogen-bond acceptors (Lipinski definition) is 6. The van der Waals surface area contributed by atoms with E-state index >= 15 is 0 Å². The van der Waals surface area contributed by atoms with E-state index in [1.807, 2.05) is 41.8 Å². The summed E-state index contributed by atoms with van der Waals surface area (Å²) >= 11 is 1.33. The number of carbonyl (C=O) groups is 2. The molecule has 4 rings (SSSR count). The number of benzene rings is 2. The molecule has 0 fully saturated rings. The lowest BCUT2D eigenvalue weighted by molar-refractivity contribution is -0.113. The summed E-state index contributed by atoms with van der Waals surface area (Å²) in [7, 11) is 0. The Morgan fingerprint density at radius 3 is 2.21 bits per heavy atom. The summed E-state index contributed by atoms with van der Waals surface area (Å²) in [5, 5.41) is 14.9. The number of aromatic nitrogens is 4. The van der Waals surface area contributed by atoms with Crippen LogP contribution >= 0.6 is 11.8 Å². The third-order valence-electron chi connectivity index (χ3n) is 4.77. The molecule has 0 saturated heterocycles. The van der Waals surface area contributed by atoms with Gasteiger partial charge in [0.05, 0.1) is 5.75 Å². The van der Waals surface area contributed by atoms with Gasteiger partial charge in [-0.05, 0) is 55.5 Å². The number of rotatable bonds is 8. The molecule has 0 saturated carbocycles. The van der Waals surface area contributed by atoms with Gasteiger partial charge in [0.25, 0.3) is 5.91 Å². The maximum atomic E-state index is 12.4. The van der Waals surface area contributed by atoms with Crippen LogP contribution in [0.2, 0.25) is 0 Å². The van der Waals surface area contributed by atoms with Gasteiger partial charge in [0.2, 0.25) is 5.91 Å². The molecule has 2 N–H and O–H groups in total. The van der Waals surface area contributed by atoms with Gasteiger partial charge in [-0.1, -0.05) is 30.0 Å². The van der Waals surface area contributed by atoms with Gasteiger partial charge < -0.3 is 15.2 Å². The number of hydrogen-bond donors (Lipinski definition) is 2. The molecule has 2 aromatic carbocycles. The molecule has 0 radical (unpaired) electrons. The van der Waals surface area contributed by atoms with Gasteiger partial charge in [-0.2, -0.15) is 0 Å². The van der Waals surface area contributed by atoms with E-state index in [0.29, 0.717) is 28.6 Å². The largest absolute Gasteiger partial charge is 0.325 e. The average molecular weight is 459 g/mol. The third kappa shape index (κ3) is 5.64. The van der Waals surface area contributed by atoms with Gasteiger partial charge in [0.15, 0.2) is 11.0 Å². The second kappa shape index (κ2) is 10.6. The predicted octanol–water partition coefficient (Wildman–Crippen LogP) is 4.34. The van der Waals surface area contributed by atoms with Crippen molar-refractivity contribution in [3.8, 4) is 11.4 Å². The van der Waals surface area contributed by atoms with Gasteiger partial charge in [0, 0.05) is 41.4 Å². The summed E-state index contributed by atoms with van der Waals surface area (Å²) in [6.07, 6.45) is 3.42. The van der Waals surface area contributed by atoms with Crippen LogP contribution in [0.3, 0.4) is 0 Å². The number of pyridine rings is 1. The molecule has 0 aliphatic carbocycles. The van der Waals surface area contributed by atoms with Gasteiger partial charge in [-0.25, -0.2) is 0 Å². The number of nitrogens with one attached hydrogen (secondary N) is 2. The summed E-state index contributed by atoms with van der Waals surface area (Å²) in [4.78, 5) is 28.7. The number of carbonyl (C=O) groups excluding carboxylic acids is 2. The first-order valence-electron chi connectivity index (χ1n) is 10.4. The smallest absolute Gasteiger partial charge is 0.255 e. The highest BCUT2D eigenvalue weighted by Crippen LogP contribution is 2.24. The normalized spacial score (nSPS) is 10.6. The lowest BCUT2D eigenvalue weighted by Gasteiger charge is -2.09. The molecule has 0 aliphatic rings. The van der Waals surface area contributed by atoms with Crippen LogP contribution < -0.4 is 10.6 Å². The van der Waals surface area contributed by atoms with Crippen molar-refractivity contribution in [1.29, 1.82) is 0 Å². The van der Waals surface area contributed by atoms with Crippen molar-refractivity contribution in [2.24, 2.45) is 0 Å². The molecule has 8 nitrogen and oxygen atoms in total. The molecule has 2 heterocycles. The molecule has 0 atom stereocenters. The fourth-order valence-corrected chi connectivity index (χ4v) is 3.95. The van der Waals surface area contributed by atoms with E-state index in [1.54, 1.807) is 48.8 Å². The molecule has 0 bridgehead atoms. The number of nitrogens with zero attached hydrogens (tertiary/aromatic N) is 4. The second-order valence-corrected chi connectivity index (χ2v) is 7.96. The van der Waals surface area contributed by atoms with Crippen LogP contribution in [0.15, 0.2) is 84.3 Å². The number of amides is 2. The fraction of sp³-hybridized carbons (Fsp3) is 0.125. The van der Waals surface area contributed by atoms with Crippen LogP contribution in [0.25, 0.3) is 11.4 Å². The summed E-state index contributed by atoms with van der Waals surface area (Å²) < 4.78 is 1.97. The van der Waals surface area contributed by atoms with Crippen molar-refractivity contribution in [3.05, 3.63) is 84.7 Å². The Kier molecular flexibility index (Phi) is 7.11. The minimum atomic E-state index is -0.185. The van der Waals surface area contributed by atoms with Crippen molar-refractivity contribution in [1.82, 2.24) is 19.7 Å². The zero-order valence-corrected chi connectivity index (χ0v) is 18.7. The standard InChI is InChI=1S/C24H22N6O2S/c1-2-30-22(17-12-14-25-15-13-17)28-29-24(30)33-16-21(31)26-19-8-10-20(11-9-19)27-23(32)18-6-4-3-5-7-18/h3-15H,2,16H2,1H3,(H,26,31)(H,27,32). The van der Waals surface area contributed by atoms with Crippen molar-refractivity contribution < 1.29 is 9.59 Å². The Morgan fingerprint density at radius 1 is 0.879 bits per heavy atom. The number of thioether (sulfide) groups is 1. The summed E-state index contributed by atoms with van der Waals surface area (Å²) in [6.45, 7) is 2.70. The van der Waals surface area contributed by atoms with E-state index < -0.39 is 0 Å². The van der Waals surface area contributed by atoms with Crippen molar-refractivity contribution in [2.75, 3.05) is 16.4 Å². The molecule has 4 aromatic rings. The van der Waals surface area contributed by atoms with Gasteiger partial charge in [0.1, 0.15) is 0 Å². The Hall–Kier alpha value is -3.98. The van der Waals surface area contributed by atoms with E-state index in [0.717, 1.165) is 11.4 Å². The number of anilines is 2. The van der Waals surface area contributed by atoms with Gasteiger partial charge in [-0.15, -0.1) is 10.2 Å². The van der Waals surface area contributed by atoms with Crippen LogP contribution in [0.1, 0.15) is 17.3 Å². The maximum Gasteiger partial charge on any atom is 0.255 e. The third-order valence-corrected chi connectivity index (χ3v) is 5.73. The zero-order chi connectivity index (χ0) is 23.0. The minimum absolute atomic E-state index is 0.155. The van der Waals surface area contributed by atoms with Gasteiger partial charge in [-0.3, -0.25) is 14.6 Å². The van der Waals surface area contributed by atoms with E-state index in [9.17, 15) is 9.59 Å². The second-order valence-electron chi connectivity index (χ2n) is 7.02. The topological polar surface area (TPSA) is 102 Å². The van der Waals surface area contributed by atoms with Crippen molar-refractivity contribution in [2.45, 2.75) is 18.6 Å². The quantitative estimate of drug-likeness (QED) is 0.381. The Bertz CT molecular complexity index is 1230. The first kappa shape index (κ1) is 22.2.